The van der Waals surface area contributed by atoms with Crippen LogP contribution in [0.3, 0.4) is 0 Å². The number of nitrogens with one attached hydrogen (secondary N) is 2. The normalized spacial score (nSPS) is 12.3. The van der Waals surface area contributed by atoms with Gasteiger partial charge in [-0.2, -0.15) is 0 Å². The first-order valence-electron chi connectivity index (χ1n) is 7.04. The van der Waals surface area contributed by atoms with Gasteiger partial charge in [0.1, 0.15) is 0 Å². The van der Waals surface area contributed by atoms with Gasteiger partial charge >= 0.3 is 0 Å². The van der Waals surface area contributed by atoms with Crippen LogP contribution < -0.4 is 16.4 Å². The highest BCUT2D eigenvalue weighted by Crippen LogP contribution is 2.16. The molecule has 4 N–H and O–H groups in total. The van der Waals surface area contributed by atoms with Gasteiger partial charge in [0.25, 0.3) is 0 Å². The van der Waals surface area contributed by atoms with Gasteiger partial charge in [0.2, 0.25) is 11.8 Å². The average molecular weight is 312 g/mol. The Kier molecular flexibility index (Phi) is 6.77. The molecule has 0 spiro atoms. The molecule has 0 radical (unpaired) electrons. The van der Waals surface area contributed by atoms with Crippen LogP contribution in [0.15, 0.2) is 0 Å². The molecule has 0 aliphatic rings. The van der Waals surface area contributed by atoms with Crippen molar-refractivity contribution in [3.8, 4) is 0 Å². The van der Waals surface area contributed by atoms with Crippen LogP contribution in [0, 0.1) is 19.8 Å². The molecular formula is C14H24N4O2S. The number of amides is 2. The molecule has 1 aromatic heterocycles. The van der Waals surface area contributed by atoms with Gasteiger partial charge in [-0.05, 0) is 19.8 Å². The number of aryl methyl sites for hydroxylation is 2. The lowest BCUT2D eigenvalue weighted by Crippen LogP contribution is -2.47. The lowest BCUT2D eigenvalue weighted by atomic mass is 10.1. The first-order valence-corrected chi connectivity index (χ1v) is 7.85. The van der Waals surface area contributed by atoms with Crippen molar-refractivity contribution in [2.45, 2.75) is 40.2 Å². The maximum Gasteiger partial charge on any atom is 0.239 e. The van der Waals surface area contributed by atoms with Crippen molar-refractivity contribution in [2.75, 3.05) is 13.1 Å². The third kappa shape index (κ3) is 5.81. The van der Waals surface area contributed by atoms with Gasteiger partial charge in [-0.3, -0.25) is 9.59 Å². The number of aromatic nitrogens is 1. The molecule has 0 saturated carbocycles. The van der Waals surface area contributed by atoms with Crippen molar-refractivity contribution in [2.24, 2.45) is 11.7 Å². The second-order valence-corrected chi connectivity index (χ2v) is 6.62. The van der Waals surface area contributed by atoms with E-state index in [1.165, 1.54) is 4.88 Å². The Morgan fingerprint density at radius 3 is 2.48 bits per heavy atom. The quantitative estimate of drug-likeness (QED) is 0.683. The van der Waals surface area contributed by atoms with E-state index in [0.29, 0.717) is 13.0 Å². The average Bonchev–Trinajstić information content (AvgIpc) is 2.74. The largest absolute Gasteiger partial charge is 0.354 e. The first-order chi connectivity index (χ1) is 9.81. The molecule has 6 nitrogen and oxygen atoms in total. The van der Waals surface area contributed by atoms with Crippen LogP contribution in [-0.4, -0.2) is 35.9 Å². The number of hydrogen-bond donors (Lipinski definition) is 3. The molecule has 1 atom stereocenters. The van der Waals surface area contributed by atoms with Crippen LogP contribution in [0.4, 0.5) is 0 Å². The van der Waals surface area contributed by atoms with E-state index in [4.69, 9.17) is 5.73 Å². The van der Waals surface area contributed by atoms with Gasteiger partial charge in [-0.25, -0.2) is 4.98 Å². The summed E-state index contributed by atoms with van der Waals surface area (Å²) in [6, 6.07) is -0.584. The van der Waals surface area contributed by atoms with Crippen molar-refractivity contribution in [3.05, 3.63) is 15.6 Å². The molecule has 0 bridgehead atoms. The fraction of sp³-hybridized carbons (Fsp3) is 0.643. The highest BCUT2D eigenvalue weighted by Gasteiger charge is 2.17. The summed E-state index contributed by atoms with van der Waals surface area (Å²) in [6.07, 6.45) is 0.699. The zero-order valence-electron chi connectivity index (χ0n) is 13.0. The summed E-state index contributed by atoms with van der Waals surface area (Å²) in [7, 11) is 0. The summed E-state index contributed by atoms with van der Waals surface area (Å²) >= 11 is 1.64. The second-order valence-electron chi connectivity index (χ2n) is 5.34. The van der Waals surface area contributed by atoms with Crippen molar-refractivity contribution in [1.29, 1.82) is 0 Å². The van der Waals surface area contributed by atoms with Gasteiger partial charge in [0, 0.05) is 17.8 Å². The van der Waals surface area contributed by atoms with E-state index in [2.05, 4.69) is 15.6 Å². The number of hydrogen-bond acceptors (Lipinski definition) is 5. The number of nitrogens with two attached hydrogens (primary N) is 1. The second kappa shape index (κ2) is 8.09. The van der Waals surface area contributed by atoms with E-state index in [9.17, 15) is 9.59 Å². The summed E-state index contributed by atoms with van der Waals surface area (Å²) < 4.78 is 0. The summed E-state index contributed by atoms with van der Waals surface area (Å²) in [4.78, 5) is 28.8. The van der Waals surface area contributed by atoms with E-state index in [1.807, 2.05) is 27.7 Å². The third-order valence-electron chi connectivity index (χ3n) is 3.18. The zero-order valence-corrected chi connectivity index (χ0v) is 13.8. The first kappa shape index (κ1) is 17.6. The van der Waals surface area contributed by atoms with Crippen LogP contribution in [-0.2, 0) is 16.0 Å². The lowest BCUT2D eigenvalue weighted by Gasteiger charge is -2.15. The van der Waals surface area contributed by atoms with Crippen molar-refractivity contribution in [3.63, 3.8) is 0 Å². The Labute approximate surface area is 129 Å². The minimum absolute atomic E-state index is 0.0458. The summed E-state index contributed by atoms with van der Waals surface area (Å²) in [5.41, 5.74) is 6.73. The Morgan fingerprint density at radius 2 is 1.95 bits per heavy atom. The molecular weight excluding hydrogens is 288 g/mol. The van der Waals surface area contributed by atoms with Crippen molar-refractivity contribution >= 4 is 23.2 Å². The van der Waals surface area contributed by atoms with Crippen LogP contribution in [0.5, 0.6) is 0 Å². The predicted molar refractivity (Wildman–Crippen MR) is 84.1 cm³/mol. The topological polar surface area (TPSA) is 97.1 Å². The van der Waals surface area contributed by atoms with Gasteiger partial charge in [-0.1, -0.05) is 13.8 Å². The standard InChI is InChI=1S/C14H24N4O2S/c1-8(2)13(15)14(20)17-7-11(19)16-6-5-12-18-9(3)10(4)21-12/h8,13H,5-7,15H2,1-4H3,(H,16,19)(H,17,20)/t13-/m0/s1. The van der Waals surface area contributed by atoms with Gasteiger partial charge in [0.05, 0.1) is 23.3 Å². The Balaban J connectivity index is 2.24. The lowest BCUT2D eigenvalue weighted by molar-refractivity contribution is -0.127. The highest BCUT2D eigenvalue weighted by molar-refractivity contribution is 7.11. The monoisotopic (exact) mass is 312 g/mol. The SMILES string of the molecule is Cc1nc(CCNC(=O)CNC(=O)[C@@H](N)C(C)C)sc1C. The van der Waals surface area contributed by atoms with Crippen LogP contribution >= 0.6 is 11.3 Å². The molecule has 2 amide bonds. The van der Waals surface area contributed by atoms with E-state index in [-0.39, 0.29) is 24.3 Å². The van der Waals surface area contributed by atoms with Crippen LogP contribution in [0.2, 0.25) is 0 Å². The summed E-state index contributed by atoms with van der Waals surface area (Å²) in [5, 5.41) is 6.30. The molecule has 1 aromatic rings. The number of rotatable bonds is 7. The Morgan fingerprint density at radius 1 is 1.29 bits per heavy atom. The molecule has 118 valence electrons. The zero-order chi connectivity index (χ0) is 16.0. The van der Waals surface area contributed by atoms with E-state index in [1.54, 1.807) is 11.3 Å². The molecule has 0 fully saturated rings. The maximum absolute atomic E-state index is 11.6. The predicted octanol–water partition coefficient (Wildman–Crippen LogP) is 0.518. The number of carbonyl (C=O) groups excluding carboxylic acids is 2. The highest BCUT2D eigenvalue weighted by atomic mass is 32.1. The molecule has 0 aromatic carbocycles. The van der Waals surface area contributed by atoms with E-state index < -0.39 is 6.04 Å². The smallest absolute Gasteiger partial charge is 0.239 e. The molecule has 21 heavy (non-hydrogen) atoms. The number of thiazole rings is 1. The number of carbonyl (C=O) groups is 2. The Hall–Kier alpha value is -1.47. The van der Waals surface area contributed by atoms with E-state index >= 15 is 0 Å². The van der Waals surface area contributed by atoms with Gasteiger partial charge < -0.3 is 16.4 Å². The number of nitrogens with zero attached hydrogens (tertiary/aromatic N) is 1. The van der Waals surface area contributed by atoms with Crippen LogP contribution in [0.25, 0.3) is 0 Å². The molecule has 0 unspecified atom stereocenters. The molecule has 0 saturated heterocycles. The molecule has 7 heteroatoms. The van der Waals surface area contributed by atoms with E-state index in [0.717, 1.165) is 10.7 Å². The molecule has 0 aliphatic carbocycles. The van der Waals surface area contributed by atoms with Crippen LogP contribution in [0.1, 0.15) is 29.4 Å². The molecule has 1 heterocycles. The minimum Gasteiger partial charge on any atom is -0.354 e. The maximum atomic E-state index is 11.6. The fourth-order valence-corrected chi connectivity index (χ4v) is 2.54. The van der Waals surface area contributed by atoms with Crippen molar-refractivity contribution < 1.29 is 9.59 Å². The third-order valence-corrected chi connectivity index (χ3v) is 4.31. The fourth-order valence-electron chi connectivity index (χ4n) is 1.61. The Bertz CT molecular complexity index is 480. The van der Waals surface area contributed by atoms with Crippen molar-refractivity contribution in [1.82, 2.24) is 15.6 Å². The van der Waals surface area contributed by atoms with Gasteiger partial charge in [-0.15, -0.1) is 11.3 Å². The molecule has 1 rings (SSSR count). The summed E-state index contributed by atoms with van der Waals surface area (Å²) in [6.45, 7) is 8.20. The van der Waals surface area contributed by atoms with Gasteiger partial charge in [0.15, 0.2) is 0 Å². The summed E-state index contributed by atoms with van der Waals surface area (Å²) in [5.74, 6) is -0.472. The minimum atomic E-state index is -0.584. The molecule has 0 aliphatic heterocycles.